The van der Waals surface area contributed by atoms with E-state index in [1.807, 2.05) is 23.3 Å². The molecular formula is C34H37Cl2FN4O6S3. The van der Waals surface area contributed by atoms with Crippen LogP contribution in [0, 0.1) is 5.82 Å². The molecule has 0 unspecified atom stereocenters. The van der Waals surface area contributed by atoms with Crippen molar-refractivity contribution in [1.29, 1.82) is 0 Å². The average molecular weight is 784 g/mol. The Balaban J connectivity index is 1.43. The van der Waals surface area contributed by atoms with E-state index in [1.165, 1.54) is 55.3 Å². The minimum atomic E-state index is -4.04. The quantitative estimate of drug-likeness (QED) is 0.152. The van der Waals surface area contributed by atoms with Gasteiger partial charge in [-0.05, 0) is 73.5 Å². The van der Waals surface area contributed by atoms with Crippen LogP contribution in [-0.4, -0.2) is 69.6 Å². The Morgan fingerprint density at radius 2 is 1.72 bits per heavy atom. The maximum atomic E-state index is 14.5. The molecule has 10 nitrogen and oxygen atoms in total. The van der Waals surface area contributed by atoms with Crippen molar-refractivity contribution >= 4 is 60.6 Å². The first kappa shape index (κ1) is 38.3. The van der Waals surface area contributed by atoms with Gasteiger partial charge in [-0.25, -0.2) is 31.3 Å². The molecule has 0 saturated carbocycles. The molecule has 0 aliphatic carbocycles. The van der Waals surface area contributed by atoms with Gasteiger partial charge in [0.1, 0.15) is 10.6 Å². The van der Waals surface area contributed by atoms with E-state index in [2.05, 4.69) is 4.98 Å². The van der Waals surface area contributed by atoms with Crippen molar-refractivity contribution in [1.82, 2.24) is 14.5 Å². The normalized spacial score (nSPS) is 14.5. The van der Waals surface area contributed by atoms with E-state index in [9.17, 15) is 26.0 Å². The Hall–Kier alpha value is -2.98. The summed E-state index contributed by atoms with van der Waals surface area (Å²) in [7, 11) is -6.58. The SMILES string of the molecule is COc1cc(-n2c(C(C)(C)c3ccc(S(N)(=O)=O)c(Cl)c3)cnc2SCc2ccc(S(=O)(=O)CC(=O)CN3CCCCC3)cc2Cl)ccc1F. The molecule has 268 valence electrons. The number of carbonyl (C=O) groups is 1. The number of Topliss-reactive ketones (excluding diaryl/α,β-unsaturated/α-hetero) is 1. The second-order valence-electron chi connectivity index (χ2n) is 12.6. The van der Waals surface area contributed by atoms with Gasteiger partial charge in [-0.2, -0.15) is 0 Å². The number of primary sulfonamides is 1. The highest BCUT2D eigenvalue weighted by Crippen LogP contribution is 2.39. The molecule has 0 amide bonds. The van der Waals surface area contributed by atoms with E-state index < -0.39 is 36.8 Å². The topological polar surface area (TPSA) is 142 Å². The lowest BCUT2D eigenvalue weighted by Crippen LogP contribution is -2.36. The number of thioether (sulfide) groups is 1. The van der Waals surface area contributed by atoms with Crippen molar-refractivity contribution in [3.8, 4) is 11.4 Å². The molecule has 50 heavy (non-hydrogen) atoms. The Bertz CT molecular complexity index is 2140. The Morgan fingerprint density at radius 3 is 2.36 bits per heavy atom. The number of likely N-dealkylation sites (tertiary alicyclic amines) is 1. The number of ether oxygens (including phenoxy) is 1. The average Bonchev–Trinajstić information content (AvgIpc) is 3.49. The van der Waals surface area contributed by atoms with Gasteiger partial charge in [0, 0.05) is 22.3 Å². The summed E-state index contributed by atoms with van der Waals surface area (Å²) in [6, 6.07) is 13.3. The van der Waals surface area contributed by atoms with Crippen LogP contribution in [0.5, 0.6) is 5.75 Å². The molecule has 4 aromatic rings. The fraction of sp³-hybridized carbons (Fsp3) is 0.353. The molecule has 3 aromatic carbocycles. The molecule has 0 bridgehead atoms. The Labute approximate surface area is 306 Å². The molecule has 1 aliphatic rings. The fourth-order valence-electron chi connectivity index (χ4n) is 5.87. The van der Waals surface area contributed by atoms with Crippen LogP contribution in [0.3, 0.4) is 0 Å². The number of ketones is 1. The zero-order chi connectivity index (χ0) is 36.4. The number of imidazole rings is 1. The standard InChI is InChI=1S/C34H37Cl2FN4O6S3/c1-34(2,23-8-12-31(28(36)15-23)50(38,45)46)32-18-39-33(41(32)24-9-11-29(37)30(16-24)47-3)48-20-22-7-10-26(17-27(22)35)49(43,44)21-25(42)19-40-13-5-4-6-14-40/h7-12,15-18H,4-6,13-14,19-21H2,1-3H3,(H2,38,45,46). The second kappa shape index (κ2) is 15.3. The number of rotatable bonds is 13. The summed E-state index contributed by atoms with van der Waals surface area (Å²) in [4.78, 5) is 19.1. The predicted molar refractivity (Wildman–Crippen MR) is 193 cm³/mol. The number of nitrogens with two attached hydrogens (primary N) is 1. The third-order valence-electron chi connectivity index (χ3n) is 8.66. The molecule has 0 radical (unpaired) electrons. The lowest BCUT2D eigenvalue weighted by molar-refractivity contribution is -0.118. The molecule has 0 spiro atoms. The van der Waals surface area contributed by atoms with E-state index >= 15 is 0 Å². The molecule has 0 atom stereocenters. The number of benzene rings is 3. The highest BCUT2D eigenvalue weighted by Gasteiger charge is 2.31. The summed E-state index contributed by atoms with van der Waals surface area (Å²) in [5.74, 6) is -1.19. The maximum Gasteiger partial charge on any atom is 0.239 e. The summed E-state index contributed by atoms with van der Waals surface area (Å²) >= 11 is 14.3. The van der Waals surface area contributed by atoms with Crippen LogP contribution >= 0.6 is 35.0 Å². The van der Waals surface area contributed by atoms with Crippen LogP contribution in [0.1, 0.15) is 49.9 Å². The maximum absolute atomic E-state index is 14.5. The van der Waals surface area contributed by atoms with Gasteiger partial charge in [-0.3, -0.25) is 14.3 Å². The summed E-state index contributed by atoms with van der Waals surface area (Å²) < 4.78 is 71.8. The van der Waals surface area contributed by atoms with Crippen molar-refractivity contribution < 1.29 is 30.8 Å². The van der Waals surface area contributed by atoms with E-state index in [-0.39, 0.29) is 43.7 Å². The van der Waals surface area contributed by atoms with E-state index in [0.29, 0.717) is 27.7 Å². The van der Waals surface area contributed by atoms with Gasteiger partial charge in [-0.15, -0.1) is 0 Å². The van der Waals surface area contributed by atoms with Crippen molar-refractivity contribution in [3.05, 3.63) is 93.5 Å². The highest BCUT2D eigenvalue weighted by atomic mass is 35.5. The fourth-order valence-corrected chi connectivity index (χ4v) is 9.61. The highest BCUT2D eigenvalue weighted by molar-refractivity contribution is 7.98. The van der Waals surface area contributed by atoms with Crippen molar-refractivity contribution in [2.45, 2.75) is 59.2 Å². The first-order valence-electron chi connectivity index (χ1n) is 15.6. The third kappa shape index (κ3) is 8.55. The first-order valence-corrected chi connectivity index (χ1v) is 20.6. The third-order valence-corrected chi connectivity index (χ3v) is 13.1. The Kier molecular flexibility index (Phi) is 11.7. The lowest BCUT2D eigenvalue weighted by Gasteiger charge is -2.28. The number of piperidine rings is 1. The summed E-state index contributed by atoms with van der Waals surface area (Å²) in [5, 5.41) is 6.00. The summed E-state index contributed by atoms with van der Waals surface area (Å²) in [6.45, 7) is 5.51. The summed E-state index contributed by atoms with van der Waals surface area (Å²) in [6.07, 6.45) is 4.78. The van der Waals surface area contributed by atoms with Crippen molar-refractivity contribution in [2.24, 2.45) is 5.14 Å². The zero-order valence-corrected chi connectivity index (χ0v) is 31.6. The van der Waals surface area contributed by atoms with Crippen LogP contribution in [0.25, 0.3) is 5.69 Å². The number of hydrogen-bond acceptors (Lipinski definition) is 9. The van der Waals surface area contributed by atoms with Gasteiger partial charge in [0.15, 0.2) is 32.3 Å². The van der Waals surface area contributed by atoms with E-state index in [1.54, 1.807) is 24.4 Å². The number of nitrogens with zero attached hydrogens (tertiary/aromatic N) is 3. The predicted octanol–water partition coefficient (Wildman–Crippen LogP) is 6.42. The van der Waals surface area contributed by atoms with Crippen LogP contribution in [0.2, 0.25) is 10.0 Å². The van der Waals surface area contributed by atoms with Gasteiger partial charge in [-0.1, -0.05) is 67.4 Å². The van der Waals surface area contributed by atoms with Gasteiger partial charge >= 0.3 is 0 Å². The lowest BCUT2D eigenvalue weighted by atomic mass is 9.81. The number of sulfone groups is 1. The molecule has 1 aromatic heterocycles. The monoisotopic (exact) mass is 782 g/mol. The van der Waals surface area contributed by atoms with Gasteiger partial charge in [0.2, 0.25) is 10.0 Å². The largest absolute Gasteiger partial charge is 0.494 e. The molecule has 5 rings (SSSR count). The Morgan fingerprint density at radius 1 is 1.00 bits per heavy atom. The number of hydrogen-bond donors (Lipinski definition) is 1. The number of sulfonamides is 1. The molecule has 1 fully saturated rings. The van der Waals surface area contributed by atoms with Crippen LogP contribution in [-0.2, 0) is 35.8 Å². The first-order chi connectivity index (χ1) is 23.5. The van der Waals surface area contributed by atoms with E-state index in [4.69, 9.17) is 33.1 Å². The molecule has 1 aliphatic heterocycles. The number of carbonyl (C=O) groups excluding carboxylic acids is 1. The molecular weight excluding hydrogens is 747 g/mol. The molecule has 16 heteroatoms. The van der Waals surface area contributed by atoms with Gasteiger partial charge in [0.25, 0.3) is 0 Å². The zero-order valence-electron chi connectivity index (χ0n) is 27.7. The molecule has 1 saturated heterocycles. The van der Waals surface area contributed by atoms with Gasteiger partial charge < -0.3 is 4.74 Å². The van der Waals surface area contributed by atoms with Crippen molar-refractivity contribution in [2.75, 3.05) is 32.5 Å². The summed E-state index contributed by atoms with van der Waals surface area (Å²) in [5.41, 5.74) is 1.69. The number of methoxy groups -OCH3 is 1. The minimum Gasteiger partial charge on any atom is -0.494 e. The smallest absolute Gasteiger partial charge is 0.239 e. The molecule has 2 N–H and O–H groups in total. The van der Waals surface area contributed by atoms with Crippen LogP contribution in [0.15, 0.2) is 75.7 Å². The molecule has 2 heterocycles. The van der Waals surface area contributed by atoms with Crippen molar-refractivity contribution in [3.63, 3.8) is 0 Å². The van der Waals surface area contributed by atoms with Gasteiger partial charge in [0.05, 0.1) is 41.2 Å². The van der Waals surface area contributed by atoms with Crippen LogP contribution in [0.4, 0.5) is 4.39 Å². The number of aromatic nitrogens is 2. The van der Waals surface area contributed by atoms with Crippen LogP contribution < -0.4 is 9.88 Å². The van der Waals surface area contributed by atoms with E-state index in [0.717, 1.165) is 32.4 Å². The second-order valence-corrected chi connectivity index (χ2v) is 17.8. The minimum absolute atomic E-state index is 0.0192. The number of halogens is 3.